The number of para-hydroxylation sites is 1. The van der Waals surface area contributed by atoms with Crippen LogP contribution in [0, 0.1) is 0 Å². The lowest BCUT2D eigenvalue weighted by Gasteiger charge is -2.00. The molecule has 1 heterocycles. The fraction of sp³-hybridized carbons (Fsp3) is 0.500. The van der Waals surface area contributed by atoms with Gasteiger partial charge in [-0.2, -0.15) is 0 Å². The van der Waals surface area contributed by atoms with Crippen molar-refractivity contribution in [3.05, 3.63) is 30.3 Å². The first kappa shape index (κ1) is 12.0. The number of rotatable bonds is 2. The van der Waals surface area contributed by atoms with Gasteiger partial charge in [-0.3, -0.25) is 0 Å². The van der Waals surface area contributed by atoms with E-state index in [4.69, 9.17) is 14.2 Å². The van der Waals surface area contributed by atoms with Crippen LogP contribution in [-0.4, -0.2) is 33.5 Å². The molecule has 15 heavy (non-hydrogen) atoms. The van der Waals surface area contributed by atoms with Crippen molar-refractivity contribution in [2.45, 2.75) is 12.5 Å². The minimum Gasteiger partial charge on any atom is -0.497 e. The van der Waals surface area contributed by atoms with Gasteiger partial charge in [0.05, 0.1) is 19.8 Å². The van der Waals surface area contributed by atoms with Crippen LogP contribution in [-0.2, 0) is 9.47 Å². The van der Waals surface area contributed by atoms with Crippen molar-refractivity contribution < 1.29 is 14.2 Å². The molecule has 0 N–H and O–H groups in total. The first-order valence-electron chi connectivity index (χ1n) is 5.06. The monoisotopic (exact) mass is 210 g/mol. The molecule has 1 aromatic carbocycles. The summed E-state index contributed by atoms with van der Waals surface area (Å²) in [6, 6.07) is 9.68. The van der Waals surface area contributed by atoms with Crippen LogP contribution in [0.1, 0.15) is 6.42 Å². The summed E-state index contributed by atoms with van der Waals surface area (Å²) < 4.78 is 14.9. The second-order valence-corrected chi connectivity index (χ2v) is 3.24. The van der Waals surface area contributed by atoms with Crippen LogP contribution in [0.3, 0.4) is 0 Å². The van der Waals surface area contributed by atoms with Crippen molar-refractivity contribution in [1.82, 2.24) is 0 Å². The van der Waals surface area contributed by atoms with Gasteiger partial charge in [-0.15, -0.1) is 0 Å². The lowest BCUT2D eigenvalue weighted by atomic mass is 10.3. The van der Waals surface area contributed by atoms with E-state index in [1.165, 1.54) is 0 Å². The van der Waals surface area contributed by atoms with Crippen LogP contribution in [0.15, 0.2) is 30.3 Å². The minimum absolute atomic E-state index is 0.375. The maximum Gasteiger partial charge on any atom is 0.118 e. The molecule has 1 unspecified atom stereocenters. The summed E-state index contributed by atoms with van der Waals surface area (Å²) in [7, 11) is 3.38. The molecule has 1 aromatic rings. The molecule has 0 spiro atoms. The number of ether oxygens (including phenoxy) is 3. The molecule has 0 aliphatic carbocycles. The zero-order chi connectivity index (χ0) is 10.9. The molecule has 0 saturated carbocycles. The zero-order valence-electron chi connectivity index (χ0n) is 9.31. The molecule has 3 nitrogen and oxygen atoms in total. The van der Waals surface area contributed by atoms with E-state index in [9.17, 15) is 0 Å². The molecule has 3 heteroatoms. The highest BCUT2D eigenvalue weighted by Crippen LogP contribution is 2.06. The molecule has 0 radical (unpaired) electrons. The van der Waals surface area contributed by atoms with Gasteiger partial charge in [-0.05, 0) is 18.6 Å². The summed E-state index contributed by atoms with van der Waals surface area (Å²) in [5.74, 6) is 0.910. The van der Waals surface area contributed by atoms with Crippen LogP contribution in [0.25, 0.3) is 0 Å². The Bertz CT molecular complexity index is 242. The van der Waals surface area contributed by atoms with Crippen molar-refractivity contribution in [2.24, 2.45) is 0 Å². The molecular formula is C12H18O3. The van der Waals surface area contributed by atoms with E-state index >= 15 is 0 Å². The fourth-order valence-electron chi connectivity index (χ4n) is 1.26. The molecular weight excluding hydrogens is 192 g/mol. The van der Waals surface area contributed by atoms with E-state index in [-0.39, 0.29) is 0 Å². The average Bonchev–Trinajstić information content (AvgIpc) is 2.84. The normalized spacial score (nSPS) is 19.2. The van der Waals surface area contributed by atoms with E-state index in [1.807, 2.05) is 30.3 Å². The van der Waals surface area contributed by atoms with Crippen LogP contribution in [0.2, 0.25) is 0 Å². The Morgan fingerprint density at radius 1 is 1.20 bits per heavy atom. The molecule has 0 aromatic heterocycles. The first-order valence-corrected chi connectivity index (χ1v) is 5.06. The van der Waals surface area contributed by atoms with Crippen molar-refractivity contribution in [2.75, 3.05) is 27.4 Å². The predicted octanol–water partition coefficient (Wildman–Crippen LogP) is 2.12. The molecule has 1 atom stereocenters. The second-order valence-electron chi connectivity index (χ2n) is 3.24. The van der Waals surface area contributed by atoms with Gasteiger partial charge >= 0.3 is 0 Å². The maximum atomic E-state index is 5.02. The third kappa shape index (κ3) is 4.81. The summed E-state index contributed by atoms with van der Waals surface area (Å²) in [4.78, 5) is 0. The lowest BCUT2D eigenvalue weighted by molar-refractivity contribution is 0.0822. The minimum atomic E-state index is 0.375. The van der Waals surface area contributed by atoms with E-state index < -0.39 is 0 Å². The Morgan fingerprint density at radius 3 is 2.27 bits per heavy atom. The van der Waals surface area contributed by atoms with Gasteiger partial charge < -0.3 is 14.2 Å². The summed E-state index contributed by atoms with van der Waals surface area (Å²) in [5, 5.41) is 0. The van der Waals surface area contributed by atoms with Gasteiger partial charge in [0.1, 0.15) is 5.75 Å². The van der Waals surface area contributed by atoms with Crippen LogP contribution in [0.5, 0.6) is 5.75 Å². The molecule has 1 aliphatic rings. The van der Waals surface area contributed by atoms with Crippen LogP contribution >= 0.6 is 0 Å². The molecule has 1 fully saturated rings. The highest BCUT2D eigenvalue weighted by molar-refractivity contribution is 5.20. The number of hydrogen-bond acceptors (Lipinski definition) is 3. The van der Waals surface area contributed by atoms with Crippen LogP contribution in [0.4, 0.5) is 0 Å². The van der Waals surface area contributed by atoms with Gasteiger partial charge in [0.15, 0.2) is 0 Å². The summed E-state index contributed by atoms with van der Waals surface area (Å²) >= 11 is 0. The van der Waals surface area contributed by atoms with Gasteiger partial charge in [0, 0.05) is 13.7 Å². The van der Waals surface area contributed by atoms with Crippen molar-refractivity contribution in [3.63, 3.8) is 0 Å². The summed E-state index contributed by atoms with van der Waals surface area (Å²) in [5.41, 5.74) is 0. The highest BCUT2D eigenvalue weighted by atomic mass is 16.5. The number of hydrogen-bond donors (Lipinski definition) is 0. The Hall–Kier alpha value is -1.06. The molecule has 2 rings (SSSR count). The Labute approximate surface area is 91.0 Å². The quantitative estimate of drug-likeness (QED) is 0.748. The standard InChI is InChI=1S/C7H8O.C5H10O2/c1-8-7-5-3-2-4-6-7;1-6-5-2-3-7-4-5/h2-6H,1H3;5H,2-4H2,1H3. The third-order valence-corrected chi connectivity index (χ3v) is 2.20. The first-order chi connectivity index (χ1) is 7.36. The second kappa shape index (κ2) is 7.26. The maximum absolute atomic E-state index is 5.02. The van der Waals surface area contributed by atoms with E-state index in [2.05, 4.69) is 0 Å². The predicted molar refractivity (Wildman–Crippen MR) is 59.2 cm³/mol. The fourth-order valence-corrected chi connectivity index (χ4v) is 1.26. The van der Waals surface area contributed by atoms with Crippen LogP contribution < -0.4 is 4.74 Å². The third-order valence-electron chi connectivity index (χ3n) is 2.20. The topological polar surface area (TPSA) is 27.7 Å². The van der Waals surface area contributed by atoms with Gasteiger partial charge in [-0.1, -0.05) is 18.2 Å². The number of methoxy groups -OCH3 is 2. The Kier molecular flexibility index (Phi) is 5.81. The van der Waals surface area contributed by atoms with E-state index in [1.54, 1.807) is 14.2 Å². The molecule has 0 bridgehead atoms. The Balaban J connectivity index is 0.000000151. The molecule has 1 aliphatic heterocycles. The SMILES string of the molecule is COC1CCOC1.COc1ccccc1. The lowest BCUT2D eigenvalue weighted by Crippen LogP contribution is -2.07. The Morgan fingerprint density at radius 2 is 1.93 bits per heavy atom. The molecule has 1 saturated heterocycles. The van der Waals surface area contributed by atoms with Gasteiger partial charge in [0.25, 0.3) is 0 Å². The average molecular weight is 210 g/mol. The summed E-state index contributed by atoms with van der Waals surface area (Å²) in [6.45, 7) is 1.66. The van der Waals surface area contributed by atoms with Gasteiger partial charge in [0.2, 0.25) is 0 Å². The van der Waals surface area contributed by atoms with E-state index in [0.717, 1.165) is 25.4 Å². The van der Waals surface area contributed by atoms with Crippen molar-refractivity contribution in [3.8, 4) is 5.75 Å². The van der Waals surface area contributed by atoms with E-state index in [0.29, 0.717) is 6.10 Å². The van der Waals surface area contributed by atoms with Crippen molar-refractivity contribution in [1.29, 1.82) is 0 Å². The molecule has 84 valence electrons. The molecule has 0 amide bonds. The largest absolute Gasteiger partial charge is 0.497 e. The number of benzene rings is 1. The summed E-state index contributed by atoms with van der Waals surface area (Å²) in [6.07, 6.45) is 1.44. The zero-order valence-corrected chi connectivity index (χ0v) is 9.31. The highest BCUT2D eigenvalue weighted by Gasteiger charge is 2.12. The van der Waals surface area contributed by atoms with Crippen molar-refractivity contribution >= 4 is 0 Å². The smallest absolute Gasteiger partial charge is 0.118 e. The van der Waals surface area contributed by atoms with Gasteiger partial charge in [-0.25, -0.2) is 0 Å².